The molecule has 0 spiro atoms. The molecule has 0 aliphatic rings. The molecule has 2 amide bonds. The highest BCUT2D eigenvalue weighted by Gasteiger charge is 2.12. The zero-order valence-electron chi connectivity index (χ0n) is 19.8. The Morgan fingerprint density at radius 1 is 0.939 bits per heavy atom. The number of ether oxygens (including phenoxy) is 2. The van der Waals surface area contributed by atoms with Gasteiger partial charge in [0.2, 0.25) is 5.91 Å². The van der Waals surface area contributed by atoms with E-state index in [1.54, 1.807) is 57.2 Å². The van der Waals surface area contributed by atoms with Gasteiger partial charge in [0.05, 0.1) is 7.11 Å². The molecule has 9 heteroatoms. The van der Waals surface area contributed by atoms with Gasteiger partial charge in [0.1, 0.15) is 23.6 Å². The van der Waals surface area contributed by atoms with Crippen LogP contribution in [-0.4, -0.2) is 47.4 Å². The van der Waals surface area contributed by atoms with Crippen LogP contribution in [0.1, 0.15) is 38.3 Å². The van der Waals surface area contributed by atoms with Gasteiger partial charge >= 0.3 is 12.1 Å². The van der Waals surface area contributed by atoms with E-state index >= 15 is 0 Å². The quantitative estimate of drug-likeness (QED) is 0.499. The first-order valence-corrected chi connectivity index (χ1v) is 10.2. The van der Waals surface area contributed by atoms with E-state index in [9.17, 15) is 14.4 Å². The number of primary amides is 1. The summed E-state index contributed by atoms with van der Waals surface area (Å²) in [4.78, 5) is 32.1. The lowest BCUT2D eigenvalue weighted by Crippen LogP contribution is -2.30. The third-order valence-corrected chi connectivity index (χ3v) is 3.68. The summed E-state index contributed by atoms with van der Waals surface area (Å²) in [6.45, 7) is 7.16. The molecular formula is C24H34N2O7. The number of esters is 1. The summed E-state index contributed by atoms with van der Waals surface area (Å²) in [7, 11) is 1.27. The predicted molar refractivity (Wildman–Crippen MR) is 125 cm³/mol. The van der Waals surface area contributed by atoms with Gasteiger partial charge in [-0.3, -0.25) is 9.59 Å². The zero-order chi connectivity index (χ0) is 25.4. The number of amides is 2. The predicted octanol–water partition coefficient (Wildman–Crippen LogP) is 3.19. The molecule has 0 aliphatic heterocycles. The molecule has 0 aromatic heterocycles. The monoisotopic (exact) mass is 462 g/mol. The summed E-state index contributed by atoms with van der Waals surface area (Å²) >= 11 is 0. The molecule has 2 aromatic carbocycles. The average Bonchev–Trinajstić information content (AvgIpc) is 2.73. The lowest BCUT2D eigenvalue weighted by atomic mass is 10.1. The van der Waals surface area contributed by atoms with Gasteiger partial charge in [-0.15, -0.1) is 0 Å². The Bertz CT molecular complexity index is 837. The number of hydrogen-bond acceptors (Lipinski definition) is 7. The fraction of sp³-hybridized carbons (Fsp3) is 0.375. The van der Waals surface area contributed by atoms with Crippen LogP contribution in [0.2, 0.25) is 0 Å². The van der Waals surface area contributed by atoms with Gasteiger partial charge in [-0.25, -0.2) is 4.79 Å². The zero-order valence-corrected chi connectivity index (χ0v) is 19.8. The molecule has 2 aromatic rings. The van der Waals surface area contributed by atoms with E-state index in [1.165, 1.54) is 12.7 Å². The van der Waals surface area contributed by atoms with Crippen molar-refractivity contribution in [1.82, 2.24) is 5.32 Å². The Morgan fingerprint density at radius 2 is 1.42 bits per heavy atom. The van der Waals surface area contributed by atoms with E-state index in [0.29, 0.717) is 18.6 Å². The van der Waals surface area contributed by atoms with Crippen molar-refractivity contribution in [2.75, 3.05) is 13.7 Å². The van der Waals surface area contributed by atoms with E-state index in [1.807, 2.05) is 19.1 Å². The molecule has 33 heavy (non-hydrogen) atoms. The van der Waals surface area contributed by atoms with Crippen molar-refractivity contribution in [2.24, 2.45) is 5.73 Å². The first-order chi connectivity index (χ1) is 15.3. The molecule has 0 saturated heterocycles. The molecule has 0 aliphatic carbocycles. The van der Waals surface area contributed by atoms with Crippen LogP contribution in [0, 0.1) is 6.92 Å². The Morgan fingerprint density at radius 3 is 1.79 bits per heavy atom. The van der Waals surface area contributed by atoms with Crippen LogP contribution in [-0.2, 0) is 25.5 Å². The summed E-state index contributed by atoms with van der Waals surface area (Å²) < 4.78 is 8.97. The number of methoxy groups -OCH3 is 1. The second-order valence-electron chi connectivity index (χ2n) is 7.89. The van der Waals surface area contributed by atoms with Gasteiger partial charge in [0.15, 0.2) is 0 Å². The maximum Gasteiger partial charge on any atom is 0.405 e. The summed E-state index contributed by atoms with van der Waals surface area (Å²) in [6, 6.07) is 13.7. The third-order valence-electron chi connectivity index (χ3n) is 3.68. The molecule has 9 nitrogen and oxygen atoms in total. The first-order valence-electron chi connectivity index (χ1n) is 10.2. The molecule has 0 fully saturated rings. The lowest BCUT2D eigenvalue weighted by Gasteiger charge is -2.16. The SMILES string of the molecule is CC(C)(C)OC(N)=O.COC(=O)CNC(=O)CCc1ccc(O)cc1.Cc1ccc(O)cc1. The molecule has 0 saturated carbocycles. The number of benzene rings is 2. The minimum Gasteiger partial charge on any atom is -0.508 e. The van der Waals surface area contributed by atoms with Crippen LogP contribution in [0.25, 0.3) is 0 Å². The number of phenols is 2. The number of rotatable bonds is 5. The minimum absolute atomic E-state index is 0.106. The summed E-state index contributed by atoms with van der Waals surface area (Å²) in [6.07, 6.45) is 0.132. The molecule has 0 unspecified atom stereocenters. The Hall–Kier alpha value is -3.75. The number of phenolic OH excluding ortho intramolecular Hbond substituents is 2. The number of carbonyl (C=O) groups is 3. The highest BCUT2D eigenvalue weighted by Crippen LogP contribution is 2.11. The number of hydrogen-bond donors (Lipinski definition) is 4. The van der Waals surface area contributed by atoms with Crippen LogP contribution in [0.15, 0.2) is 48.5 Å². The number of aromatic hydroxyl groups is 2. The van der Waals surface area contributed by atoms with Crippen LogP contribution < -0.4 is 11.1 Å². The van der Waals surface area contributed by atoms with Crippen LogP contribution in [0.4, 0.5) is 4.79 Å². The van der Waals surface area contributed by atoms with E-state index < -0.39 is 17.7 Å². The van der Waals surface area contributed by atoms with E-state index in [2.05, 4.69) is 14.8 Å². The van der Waals surface area contributed by atoms with Gasteiger partial charge in [-0.05, 0) is 63.9 Å². The maximum absolute atomic E-state index is 11.3. The number of nitrogens with one attached hydrogen (secondary N) is 1. The van der Waals surface area contributed by atoms with Crippen molar-refractivity contribution in [3.8, 4) is 11.5 Å². The summed E-state index contributed by atoms with van der Waals surface area (Å²) in [5.41, 5.74) is 6.39. The molecule has 182 valence electrons. The van der Waals surface area contributed by atoms with Gasteiger partial charge in [0, 0.05) is 6.42 Å². The van der Waals surface area contributed by atoms with Gasteiger partial charge in [-0.2, -0.15) is 0 Å². The second kappa shape index (κ2) is 15.1. The fourth-order valence-corrected chi connectivity index (χ4v) is 2.10. The Labute approximate surface area is 194 Å². The highest BCUT2D eigenvalue weighted by molar-refractivity contribution is 5.81. The molecule has 0 radical (unpaired) electrons. The van der Waals surface area contributed by atoms with Gasteiger partial charge < -0.3 is 30.7 Å². The third kappa shape index (κ3) is 17.6. The van der Waals surface area contributed by atoms with Gasteiger partial charge in [-0.1, -0.05) is 29.8 Å². The standard InChI is InChI=1S/C12H15NO4.C7H8O.C5H11NO2/c1-17-12(16)8-13-11(15)7-4-9-2-5-10(14)6-3-9;1-6-2-4-7(8)5-3-6;1-5(2,3)8-4(6)7/h2-3,5-6,14H,4,7-8H2,1H3,(H,13,15);2-5,8H,1H3;1-3H3,(H2,6,7). The fourth-order valence-electron chi connectivity index (χ4n) is 2.10. The number of carbonyl (C=O) groups excluding carboxylic acids is 3. The minimum atomic E-state index is -0.725. The summed E-state index contributed by atoms with van der Waals surface area (Å²) in [5.74, 6) is -0.147. The van der Waals surface area contributed by atoms with Crippen LogP contribution >= 0.6 is 0 Å². The van der Waals surface area contributed by atoms with Crippen LogP contribution in [0.5, 0.6) is 11.5 Å². The topological polar surface area (TPSA) is 148 Å². The molecule has 0 bridgehead atoms. The van der Waals surface area contributed by atoms with Crippen LogP contribution in [0.3, 0.4) is 0 Å². The van der Waals surface area contributed by atoms with E-state index in [-0.39, 0.29) is 18.2 Å². The first kappa shape index (κ1) is 29.2. The van der Waals surface area contributed by atoms with Crippen molar-refractivity contribution in [3.63, 3.8) is 0 Å². The molecule has 2 rings (SSSR count). The average molecular weight is 463 g/mol. The molecule has 0 atom stereocenters. The van der Waals surface area contributed by atoms with Gasteiger partial charge in [0.25, 0.3) is 0 Å². The highest BCUT2D eigenvalue weighted by atomic mass is 16.6. The molecule has 0 heterocycles. The Kier molecular flexibility index (Phi) is 13.4. The normalized spacial score (nSPS) is 9.85. The number of nitrogens with two attached hydrogens (primary N) is 1. The largest absolute Gasteiger partial charge is 0.508 e. The summed E-state index contributed by atoms with van der Waals surface area (Å²) in [5, 5.41) is 20.3. The molecule has 5 N–H and O–H groups in total. The smallest absolute Gasteiger partial charge is 0.405 e. The number of aryl methyl sites for hydroxylation is 2. The van der Waals surface area contributed by atoms with E-state index in [4.69, 9.17) is 15.9 Å². The van der Waals surface area contributed by atoms with Crippen molar-refractivity contribution in [1.29, 1.82) is 0 Å². The van der Waals surface area contributed by atoms with Crippen molar-refractivity contribution >= 4 is 18.0 Å². The van der Waals surface area contributed by atoms with Crippen molar-refractivity contribution in [3.05, 3.63) is 59.7 Å². The molecular weight excluding hydrogens is 428 g/mol. The van der Waals surface area contributed by atoms with E-state index in [0.717, 1.165) is 5.56 Å². The van der Waals surface area contributed by atoms with Crippen molar-refractivity contribution in [2.45, 2.75) is 46.1 Å². The Balaban J connectivity index is 0.000000532. The maximum atomic E-state index is 11.3. The second-order valence-corrected chi connectivity index (χ2v) is 7.89. The van der Waals surface area contributed by atoms with Crippen molar-refractivity contribution < 1.29 is 34.1 Å². The lowest BCUT2D eigenvalue weighted by molar-refractivity contribution is -0.141.